The zero-order chi connectivity index (χ0) is 20.4. The van der Waals surface area contributed by atoms with Crippen molar-refractivity contribution in [2.75, 3.05) is 13.1 Å². The lowest BCUT2D eigenvalue weighted by atomic mass is 10.0. The first-order valence-corrected chi connectivity index (χ1v) is 11.3. The molecule has 150 valence electrons. The van der Waals surface area contributed by atoms with Gasteiger partial charge in [0.2, 0.25) is 10.0 Å². The number of sulfonamides is 1. The first-order valence-electron chi connectivity index (χ1n) is 9.85. The number of benzene rings is 3. The number of carbonyl (C=O) groups is 1. The van der Waals surface area contributed by atoms with Crippen molar-refractivity contribution in [1.82, 2.24) is 9.62 Å². The fourth-order valence-corrected chi connectivity index (χ4v) is 5.21. The molecule has 0 spiro atoms. The highest BCUT2D eigenvalue weighted by Gasteiger charge is 2.27. The number of nitrogens with one attached hydrogen (secondary N) is 1. The van der Waals surface area contributed by atoms with E-state index in [1.807, 2.05) is 37.3 Å². The molecule has 0 aliphatic carbocycles. The van der Waals surface area contributed by atoms with E-state index in [4.69, 9.17) is 0 Å². The van der Waals surface area contributed by atoms with Gasteiger partial charge in [-0.05, 0) is 66.4 Å². The topological polar surface area (TPSA) is 66.5 Å². The van der Waals surface area contributed by atoms with Gasteiger partial charge in [-0.25, -0.2) is 8.42 Å². The van der Waals surface area contributed by atoms with E-state index in [-0.39, 0.29) is 16.8 Å². The van der Waals surface area contributed by atoms with Crippen molar-refractivity contribution < 1.29 is 13.2 Å². The summed E-state index contributed by atoms with van der Waals surface area (Å²) in [6.45, 7) is 3.07. The minimum atomic E-state index is -3.47. The zero-order valence-corrected chi connectivity index (χ0v) is 17.2. The number of hydrogen-bond donors (Lipinski definition) is 1. The number of hydrogen-bond acceptors (Lipinski definition) is 3. The first kappa shape index (κ1) is 19.6. The fraction of sp³-hybridized carbons (Fsp3) is 0.261. The molecule has 5 nitrogen and oxygen atoms in total. The van der Waals surface area contributed by atoms with E-state index in [1.54, 1.807) is 12.1 Å². The van der Waals surface area contributed by atoms with E-state index in [1.165, 1.54) is 16.4 Å². The van der Waals surface area contributed by atoms with Crippen LogP contribution < -0.4 is 5.32 Å². The molecular formula is C23H24N2O3S. The van der Waals surface area contributed by atoms with Gasteiger partial charge in [-0.2, -0.15) is 4.31 Å². The molecule has 6 heteroatoms. The Hall–Kier alpha value is -2.70. The zero-order valence-electron chi connectivity index (χ0n) is 16.3. The maximum Gasteiger partial charge on any atom is 0.251 e. The van der Waals surface area contributed by atoms with Crippen LogP contribution in [0.25, 0.3) is 10.8 Å². The summed E-state index contributed by atoms with van der Waals surface area (Å²) in [6, 6.07) is 20.3. The van der Waals surface area contributed by atoms with E-state index in [0.717, 1.165) is 29.2 Å². The normalized spacial score (nSPS) is 16.0. The minimum absolute atomic E-state index is 0.167. The molecule has 4 rings (SSSR count). The molecule has 1 atom stereocenters. The predicted octanol–water partition coefficient (Wildman–Crippen LogP) is 4.12. The molecule has 1 aliphatic rings. The molecule has 1 N–H and O–H groups in total. The second kappa shape index (κ2) is 7.97. The van der Waals surface area contributed by atoms with Crippen LogP contribution in [0.5, 0.6) is 0 Å². The number of carbonyl (C=O) groups excluding carboxylic acids is 1. The molecule has 29 heavy (non-hydrogen) atoms. The third kappa shape index (κ3) is 4.04. The van der Waals surface area contributed by atoms with E-state index < -0.39 is 10.0 Å². The maximum absolute atomic E-state index is 12.6. The Labute approximate surface area is 171 Å². The molecular weight excluding hydrogens is 384 g/mol. The number of rotatable bonds is 5. The number of amides is 1. The van der Waals surface area contributed by atoms with Gasteiger partial charge >= 0.3 is 0 Å². The molecule has 1 amide bonds. The lowest BCUT2D eigenvalue weighted by Gasteiger charge is -2.17. The van der Waals surface area contributed by atoms with Crippen LogP contribution >= 0.6 is 0 Å². The molecule has 0 bridgehead atoms. The van der Waals surface area contributed by atoms with Crippen molar-refractivity contribution in [3.05, 3.63) is 77.9 Å². The smallest absolute Gasteiger partial charge is 0.251 e. The van der Waals surface area contributed by atoms with Crippen molar-refractivity contribution in [3.8, 4) is 0 Å². The monoisotopic (exact) mass is 408 g/mol. The van der Waals surface area contributed by atoms with Gasteiger partial charge in [0.25, 0.3) is 5.91 Å². The van der Waals surface area contributed by atoms with Crippen LogP contribution in [-0.2, 0) is 10.0 Å². The summed E-state index contributed by atoms with van der Waals surface area (Å²) in [7, 11) is -3.47. The second-order valence-electron chi connectivity index (χ2n) is 7.44. The standard InChI is InChI=1S/C23H24N2O3S/c1-17(20-9-8-18-6-2-3-7-21(18)16-20)24-23(26)19-10-12-22(13-11-19)29(27,28)25-14-4-5-15-25/h2-3,6-13,16-17H,4-5,14-15H2,1H3,(H,24,26). The van der Waals surface area contributed by atoms with E-state index in [0.29, 0.717) is 18.7 Å². The van der Waals surface area contributed by atoms with Gasteiger partial charge in [-0.3, -0.25) is 4.79 Å². The third-order valence-electron chi connectivity index (χ3n) is 5.44. The van der Waals surface area contributed by atoms with Crippen LogP contribution in [0.4, 0.5) is 0 Å². The fourth-order valence-electron chi connectivity index (χ4n) is 3.70. The Kier molecular flexibility index (Phi) is 5.39. The van der Waals surface area contributed by atoms with E-state index >= 15 is 0 Å². The van der Waals surface area contributed by atoms with Crippen LogP contribution in [0.2, 0.25) is 0 Å². The Balaban J connectivity index is 1.47. The molecule has 1 aliphatic heterocycles. The molecule has 3 aromatic carbocycles. The molecule has 0 saturated carbocycles. The molecule has 1 saturated heterocycles. The molecule has 1 heterocycles. The molecule has 0 aromatic heterocycles. The summed E-state index contributed by atoms with van der Waals surface area (Å²) in [5, 5.41) is 5.28. The van der Waals surface area contributed by atoms with Crippen LogP contribution in [0.3, 0.4) is 0 Å². The lowest BCUT2D eigenvalue weighted by molar-refractivity contribution is 0.0940. The Morgan fingerprint density at radius 1 is 0.931 bits per heavy atom. The van der Waals surface area contributed by atoms with E-state index in [9.17, 15) is 13.2 Å². The first-order chi connectivity index (χ1) is 13.9. The summed E-state index contributed by atoms with van der Waals surface area (Å²) in [6.07, 6.45) is 1.79. The van der Waals surface area contributed by atoms with Crippen molar-refractivity contribution in [3.63, 3.8) is 0 Å². The van der Waals surface area contributed by atoms with Gasteiger partial charge < -0.3 is 5.32 Å². The summed E-state index contributed by atoms with van der Waals surface area (Å²) < 4.78 is 26.7. The van der Waals surface area contributed by atoms with Gasteiger partial charge in [-0.1, -0.05) is 36.4 Å². The Bertz CT molecular complexity index is 1130. The highest BCUT2D eigenvalue weighted by molar-refractivity contribution is 7.89. The molecule has 1 unspecified atom stereocenters. The molecule has 3 aromatic rings. The summed E-state index contributed by atoms with van der Waals surface area (Å²) >= 11 is 0. The van der Waals surface area contributed by atoms with Gasteiger partial charge in [0, 0.05) is 18.7 Å². The summed E-state index contributed by atoms with van der Waals surface area (Å²) in [5.74, 6) is -0.226. The maximum atomic E-state index is 12.6. The quantitative estimate of drug-likeness (QED) is 0.691. The molecule has 1 fully saturated rings. The average molecular weight is 409 g/mol. The highest BCUT2D eigenvalue weighted by Crippen LogP contribution is 2.22. The van der Waals surface area contributed by atoms with Crippen LogP contribution in [0.15, 0.2) is 71.6 Å². The third-order valence-corrected chi connectivity index (χ3v) is 7.35. The highest BCUT2D eigenvalue weighted by atomic mass is 32.2. The van der Waals surface area contributed by atoms with Crippen LogP contribution in [0.1, 0.15) is 41.7 Å². The lowest BCUT2D eigenvalue weighted by Crippen LogP contribution is -2.28. The summed E-state index contributed by atoms with van der Waals surface area (Å²) in [4.78, 5) is 12.9. The number of fused-ring (bicyclic) bond motifs is 1. The average Bonchev–Trinajstić information content (AvgIpc) is 3.29. The van der Waals surface area contributed by atoms with Gasteiger partial charge in [0.05, 0.1) is 10.9 Å². The van der Waals surface area contributed by atoms with Crippen molar-refractivity contribution in [1.29, 1.82) is 0 Å². The second-order valence-corrected chi connectivity index (χ2v) is 9.38. The molecule has 0 radical (unpaired) electrons. The largest absolute Gasteiger partial charge is 0.346 e. The van der Waals surface area contributed by atoms with Crippen molar-refractivity contribution in [2.24, 2.45) is 0 Å². The summed E-state index contributed by atoms with van der Waals surface area (Å²) in [5.41, 5.74) is 1.46. The Morgan fingerprint density at radius 3 is 2.28 bits per heavy atom. The van der Waals surface area contributed by atoms with Crippen molar-refractivity contribution in [2.45, 2.75) is 30.7 Å². The Morgan fingerprint density at radius 2 is 1.59 bits per heavy atom. The number of nitrogens with zero attached hydrogens (tertiary/aromatic N) is 1. The SMILES string of the molecule is CC(NC(=O)c1ccc(S(=O)(=O)N2CCCC2)cc1)c1ccc2ccccc2c1. The van der Waals surface area contributed by atoms with Crippen LogP contribution in [0, 0.1) is 0 Å². The van der Waals surface area contributed by atoms with Crippen LogP contribution in [-0.4, -0.2) is 31.7 Å². The minimum Gasteiger partial charge on any atom is -0.346 e. The van der Waals surface area contributed by atoms with Gasteiger partial charge in [-0.15, -0.1) is 0 Å². The van der Waals surface area contributed by atoms with Gasteiger partial charge in [0.15, 0.2) is 0 Å². The van der Waals surface area contributed by atoms with E-state index in [2.05, 4.69) is 17.4 Å². The van der Waals surface area contributed by atoms with Gasteiger partial charge in [0.1, 0.15) is 0 Å². The predicted molar refractivity (Wildman–Crippen MR) is 114 cm³/mol. The van der Waals surface area contributed by atoms with Crippen molar-refractivity contribution >= 4 is 26.7 Å².